The molecule has 0 bridgehead atoms. The monoisotopic (exact) mass is 378 g/mol. The van der Waals surface area contributed by atoms with Crippen LogP contribution in [-0.2, 0) is 6.42 Å². The Morgan fingerprint density at radius 2 is 2.30 bits per heavy atom. The number of benzene rings is 1. The Morgan fingerprint density at radius 3 is 2.93 bits per heavy atom. The topological polar surface area (TPSA) is 89.9 Å². The summed E-state index contributed by atoms with van der Waals surface area (Å²) in [5, 5.41) is 25.6. The third kappa shape index (κ3) is 3.69. The molecule has 0 fully saturated rings. The predicted octanol–water partition coefficient (Wildman–Crippen LogP) is 4.36. The molecule has 0 radical (unpaired) electrons. The molecular formula is C20H19ClN6. The Morgan fingerprint density at radius 1 is 1.48 bits per heavy atom. The van der Waals surface area contributed by atoms with Crippen molar-refractivity contribution in [2.75, 3.05) is 0 Å². The van der Waals surface area contributed by atoms with Gasteiger partial charge in [-0.25, -0.2) is 4.99 Å². The number of aromatic nitrogens is 2. The second-order valence-electron chi connectivity index (χ2n) is 6.02. The molecule has 0 saturated heterocycles. The van der Waals surface area contributed by atoms with Crippen molar-refractivity contribution in [2.24, 2.45) is 4.99 Å². The van der Waals surface area contributed by atoms with Crippen LogP contribution in [0.15, 0.2) is 47.5 Å². The molecule has 1 aliphatic heterocycles. The fourth-order valence-corrected chi connectivity index (χ4v) is 3.04. The van der Waals surface area contributed by atoms with E-state index in [0.717, 1.165) is 23.1 Å². The van der Waals surface area contributed by atoms with Crippen molar-refractivity contribution in [1.29, 1.82) is 10.7 Å². The van der Waals surface area contributed by atoms with Crippen molar-refractivity contribution in [1.82, 2.24) is 15.1 Å². The van der Waals surface area contributed by atoms with Gasteiger partial charge in [0.15, 0.2) is 0 Å². The van der Waals surface area contributed by atoms with Crippen molar-refractivity contribution in [3.05, 3.63) is 58.6 Å². The Bertz CT molecular complexity index is 1010. The van der Waals surface area contributed by atoms with Gasteiger partial charge in [-0.05, 0) is 37.1 Å². The first-order valence-corrected chi connectivity index (χ1v) is 8.95. The van der Waals surface area contributed by atoms with Gasteiger partial charge in [0.25, 0.3) is 0 Å². The van der Waals surface area contributed by atoms with E-state index in [0.29, 0.717) is 22.1 Å². The highest BCUT2D eigenvalue weighted by molar-refractivity contribution is 6.31. The summed E-state index contributed by atoms with van der Waals surface area (Å²) < 4.78 is 1.61. The van der Waals surface area contributed by atoms with Crippen LogP contribution in [0.2, 0.25) is 5.02 Å². The Kier molecular flexibility index (Phi) is 5.53. The van der Waals surface area contributed by atoms with E-state index in [2.05, 4.69) is 28.4 Å². The molecule has 0 saturated carbocycles. The number of nitrogens with zero attached hydrogens (tertiary/aromatic N) is 4. The lowest BCUT2D eigenvalue weighted by atomic mass is 9.97. The fraction of sp³-hybridized carbons (Fsp3) is 0.200. The molecule has 1 aromatic heterocycles. The molecule has 0 aliphatic carbocycles. The van der Waals surface area contributed by atoms with Gasteiger partial charge in [-0.2, -0.15) is 10.4 Å². The number of aryl methyl sites for hydroxylation is 1. The van der Waals surface area contributed by atoms with Gasteiger partial charge >= 0.3 is 0 Å². The first-order chi connectivity index (χ1) is 13.1. The highest BCUT2D eigenvalue weighted by atomic mass is 35.5. The van der Waals surface area contributed by atoms with Gasteiger partial charge in [-0.3, -0.25) is 4.68 Å². The van der Waals surface area contributed by atoms with Crippen LogP contribution in [0.3, 0.4) is 0 Å². The zero-order chi connectivity index (χ0) is 19.4. The van der Waals surface area contributed by atoms with Gasteiger partial charge in [0.1, 0.15) is 17.6 Å². The highest BCUT2D eigenvalue weighted by Gasteiger charge is 2.21. The van der Waals surface area contributed by atoms with Crippen LogP contribution >= 0.6 is 11.6 Å². The van der Waals surface area contributed by atoms with Gasteiger partial charge in [-0.15, -0.1) is 0 Å². The molecule has 2 aromatic rings. The quantitative estimate of drug-likeness (QED) is 0.757. The van der Waals surface area contributed by atoms with Crippen molar-refractivity contribution in [3.8, 4) is 17.3 Å². The van der Waals surface area contributed by atoms with E-state index in [4.69, 9.17) is 17.0 Å². The van der Waals surface area contributed by atoms with E-state index in [1.165, 1.54) is 6.21 Å². The molecule has 3 rings (SSSR count). The molecule has 6 nitrogen and oxygen atoms in total. The van der Waals surface area contributed by atoms with Crippen LogP contribution in [0.25, 0.3) is 16.8 Å². The number of rotatable bonds is 5. The van der Waals surface area contributed by atoms with E-state index in [1.807, 2.05) is 18.2 Å². The maximum absolute atomic E-state index is 9.31. The third-order valence-corrected chi connectivity index (χ3v) is 4.55. The van der Waals surface area contributed by atoms with E-state index < -0.39 is 6.04 Å². The highest BCUT2D eigenvalue weighted by Crippen LogP contribution is 2.34. The summed E-state index contributed by atoms with van der Waals surface area (Å²) in [7, 11) is 0. The van der Waals surface area contributed by atoms with E-state index in [1.54, 1.807) is 36.3 Å². The maximum atomic E-state index is 9.31. The molecule has 0 amide bonds. The summed E-state index contributed by atoms with van der Waals surface area (Å²) in [6, 6.07) is 7.45. The molecule has 1 aromatic carbocycles. The van der Waals surface area contributed by atoms with Gasteiger partial charge in [-0.1, -0.05) is 24.6 Å². The number of allylic oxidation sites excluding steroid dienone is 2. The summed E-state index contributed by atoms with van der Waals surface area (Å²) in [6.45, 7) is 3.84. The van der Waals surface area contributed by atoms with E-state index in [9.17, 15) is 5.26 Å². The number of nitrogens with one attached hydrogen (secondary N) is 2. The summed E-state index contributed by atoms with van der Waals surface area (Å²) in [5.41, 5.74) is 3.96. The number of hydrogen-bond acceptors (Lipinski definition) is 5. The normalized spacial score (nSPS) is 15.8. The van der Waals surface area contributed by atoms with Gasteiger partial charge < -0.3 is 10.7 Å². The smallest absolute Gasteiger partial charge is 0.139 e. The molecule has 2 N–H and O–H groups in total. The number of halogens is 1. The SMILES string of the molecule is CCc1ccc(Cl)cc1-c1nn(C(C)C#N)cc1/C(C=N)=C1\N=CC=CN1. The van der Waals surface area contributed by atoms with Crippen molar-refractivity contribution in [2.45, 2.75) is 26.3 Å². The molecule has 2 heterocycles. The first-order valence-electron chi connectivity index (χ1n) is 8.57. The summed E-state index contributed by atoms with van der Waals surface area (Å²) in [5.74, 6) is 0.554. The van der Waals surface area contributed by atoms with Crippen LogP contribution in [0.5, 0.6) is 0 Å². The molecule has 1 unspecified atom stereocenters. The predicted molar refractivity (Wildman–Crippen MR) is 109 cm³/mol. The summed E-state index contributed by atoms with van der Waals surface area (Å²) in [4.78, 5) is 4.32. The summed E-state index contributed by atoms with van der Waals surface area (Å²) >= 11 is 6.25. The van der Waals surface area contributed by atoms with Crippen molar-refractivity contribution >= 4 is 29.6 Å². The number of hydrogen-bond donors (Lipinski definition) is 2. The standard InChI is InChI=1S/C20H19ClN6/c1-3-14-5-6-15(21)9-16(14)19-18(12-27(26-19)13(2)10-22)17(11-23)20-24-7-4-8-25-20/h4-9,11-13,23-24H,3H2,1-2H3/b20-17-,23-11?. The molecule has 1 atom stereocenters. The lowest BCUT2D eigenvalue weighted by Gasteiger charge is -2.12. The van der Waals surface area contributed by atoms with Gasteiger partial charge in [0, 0.05) is 46.5 Å². The molecule has 136 valence electrons. The lowest BCUT2D eigenvalue weighted by molar-refractivity contribution is 0.592. The van der Waals surface area contributed by atoms with E-state index in [-0.39, 0.29) is 0 Å². The number of aliphatic imine (C=N–C) groups is 1. The van der Waals surface area contributed by atoms with Crippen LogP contribution in [0.1, 0.15) is 31.0 Å². The Hall–Kier alpha value is -3.17. The third-order valence-electron chi connectivity index (χ3n) is 4.32. The van der Waals surface area contributed by atoms with Crippen LogP contribution in [-0.4, -0.2) is 22.2 Å². The average molecular weight is 379 g/mol. The maximum Gasteiger partial charge on any atom is 0.139 e. The van der Waals surface area contributed by atoms with Crippen LogP contribution < -0.4 is 5.32 Å². The van der Waals surface area contributed by atoms with Crippen LogP contribution in [0, 0.1) is 16.7 Å². The van der Waals surface area contributed by atoms with Crippen LogP contribution in [0.4, 0.5) is 0 Å². The lowest BCUT2D eigenvalue weighted by Crippen LogP contribution is -2.10. The minimum Gasteiger partial charge on any atom is -0.346 e. The molecule has 0 spiro atoms. The second-order valence-corrected chi connectivity index (χ2v) is 6.46. The Labute approximate surface area is 163 Å². The second kappa shape index (κ2) is 8.02. The first kappa shape index (κ1) is 18.6. The zero-order valence-electron chi connectivity index (χ0n) is 15.1. The molecule has 1 aliphatic rings. The number of nitriles is 1. The van der Waals surface area contributed by atoms with E-state index >= 15 is 0 Å². The minimum atomic E-state index is -0.443. The Balaban J connectivity index is 2.28. The van der Waals surface area contributed by atoms with Gasteiger partial charge in [0.05, 0.1) is 6.07 Å². The van der Waals surface area contributed by atoms with Crippen molar-refractivity contribution < 1.29 is 0 Å². The molecule has 7 heteroatoms. The fourth-order valence-electron chi connectivity index (χ4n) is 2.87. The zero-order valence-corrected chi connectivity index (χ0v) is 15.8. The minimum absolute atomic E-state index is 0.443. The van der Waals surface area contributed by atoms with Gasteiger partial charge in [0.2, 0.25) is 0 Å². The molecular weight excluding hydrogens is 360 g/mol. The largest absolute Gasteiger partial charge is 0.346 e. The van der Waals surface area contributed by atoms with Crippen molar-refractivity contribution in [3.63, 3.8) is 0 Å². The molecule has 27 heavy (non-hydrogen) atoms. The average Bonchev–Trinajstić information content (AvgIpc) is 3.13. The summed E-state index contributed by atoms with van der Waals surface area (Å²) in [6.07, 6.45) is 9.03.